The van der Waals surface area contributed by atoms with Gasteiger partial charge in [0, 0.05) is 0 Å². The van der Waals surface area contributed by atoms with Crippen molar-refractivity contribution in [3.05, 3.63) is 18.3 Å². The first-order chi connectivity index (χ1) is 2.43. The van der Waals surface area contributed by atoms with E-state index in [9.17, 15) is 0 Å². The van der Waals surface area contributed by atoms with E-state index < -0.39 is 0 Å². The summed E-state index contributed by atoms with van der Waals surface area (Å²) in [5.74, 6) is 0.394. The van der Waals surface area contributed by atoms with Gasteiger partial charge in [0.1, 0.15) is 0 Å². The highest BCUT2D eigenvalue weighted by Gasteiger charge is 2.14. The summed E-state index contributed by atoms with van der Waals surface area (Å²) in [6, 6.07) is 0. The maximum absolute atomic E-state index is 4.10. The molecular weight excluding hydrogens is 68.0 g/mol. The lowest BCUT2D eigenvalue weighted by Crippen LogP contribution is -1.24. The van der Waals surface area contributed by atoms with Crippen LogP contribution in [0.3, 0.4) is 0 Å². The summed E-state index contributed by atoms with van der Waals surface area (Å²) in [6.45, 7) is 3.21. The van der Waals surface area contributed by atoms with Crippen LogP contribution in [-0.2, 0) is 9.78 Å². The normalized spacial score (nSPS) is 14.8. The molecule has 0 aromatic heterocycles. The molecule has 0 saturated carbocycles. The van der Waals surface area contributed by atoms with E-state index in [4.69, 9.17) is 0 Å². The molecule has 0 aromatic carbocycles. The van der Waals surface area contributed by atoms with Crippen molar-refractivity contribution in [3.63, 3.8) is 0 Å². The van der Waals surface area contributed by atoms with Crippen LogP contribution in [0.25, 0.3) is 0 Å². The fourth-order valence-electron chi connectivity index (χ4n) is 0.0798. The predicted molar refractivity (Wildman–Crippen MR) is 14.8 cm³/mol. The van der Waals surface area contributed by atoms with Gasteiger partial charge in [0.15, 0.2) is 0 Å². The molecule has 2 heteroatoms. The second-order valence-corrected chi connectivity index (χ2v) is 0.631. The first kappa shape index (κ1) is 2.36. The molecule has 0 unspecified atom stereocenters. The second-order valence-electron chi connectivity index (χ2n) is 0.631. The van der Waals surface area contributed by atoms with Gasteiger partial charge in [0.05, 0.1) is 0 Å². The summed E-state index contributed by atoms with van der Waals surface area (Å²) in [6.07, 6.45) is 0. The number of hydrogen-bond donors (Lipinski definition) is 0. The van der Waals surface area contributed by atoms with Gasteiger partial charge in [-0.1, -0.05) is 0 Å². The van der Waals surface area contributed by atoms with Crippen molar-refractivity contribution in [2.45, 2.75) is 0 Å². The zero-order valence-electron chi connectivity index (χ0n) is 2.52. The average Bonchev–Trinajstić information content (AvgIpc) is 2.12. The molecule has 0 aliphatic carbocycles. The Morgan fingerprint density at radius 3 is 2.20 bits per heavy atom. The lowest BCUT2D eigenvalue weighted by Gasteiger charge is -1.23. The largest absolute Gasteiger partial charge is 0.421 e. The zero-order chi connectivity index (χ0) is 3.70. The fraction of sp³-hybridized carbons (Fsp3) is 0. The number of hydrogen-bond acceptors (Lipinski definition) is 2. The highest BCUT2D eigenvalue weighted by molar-refractivity contribution is 4.80. The Morgan fingerprint density at radius 1 is 1.60 bits per heavy atom. The van der Waals surface area contributed by atoms with E-state index in [0.717, 1.165) is 0 Å². The van der Waals surface area contributed by atoms with Gasteiger partial charge in [-0.2, -0.15) is 0 Å². The standard InChI is InChI=1S/C3H2O2/c1-2-3-4-5-3/h1H2. The monoisotopic (exact) mass is 70.0 g/mol. The van der Waals surface area contributed by atoms with Crippen LogP contribution < -0.4 is 0 Å². The van der Waals surface area contributed by atoms with Gasteiger partial charge >= 0.3 is 5.95 Å². The van der Waals surface area contributed by atoms with Gasteiger partial charge in [-0.05, 0) is 12.3 Å². The first-order valence-electron chi connectivity index (χ1n) is 1.18. The molecule has 26 valence electrons. The molecule has 0 bridgehead atoms. The minimum atomic E-state index is 0.394. The Balaban J connectivity index is 2.80. The Morgan fingerprint density at radius 2 is 2.20 bits per heavy atom. The van der Waals surface area contributed by atoms with Gasteiger partial charge in [-0.3, -0.25) is 0 Å². The Bertz CT molecular complexity index is 83.1. The molecule has 0 spiro atoms. The van der Waals surface area contributed by atoms with E-state index in [0.29, 0.717) is 5.95 Å². The van der Waals surface area contributed by atoms with Crippen molar-refractivity contribution in [2.24, 2.45) is 0 Å². The third kappa shape index (κ3) is 0.231. The van der Waals surface area contributed by atoms with Crippen molar-refractivity contribution in [3.8, 4) is 0 Å². The minimum Gasteiger partial charge on any atom is -0.232 e. The maximum Gasteiger partial charge on any atom is 0.421 e. The van der Waals surface area contributed by atoms with Crippen molar-refractivity contribution in [1.82, 2.24) is 0 Å². The predicted octanol–water partition coefficient (Wildman–Crippen LogP) is 0.574. The van der Waals surface area contributed by atoms with Crippen molar-refractivity contribution in [1.29, 1.82) is 0 Å². The van der Waals surface area contributed by atoms with Gasteiger partial charge in [0.2, 0.25) is 0 Å². The Kier molecular flexibility index (Phi) is 0.253. The molecule has 1 aliphatic rings. The van der Waals surface area contributed by atoms with E-state index >= 15 is 0 Å². The van der Waals surface area contributed by atoms with Crippen LogP contribution in [0.4, 0.5) is 0 Å². The average molecular weight is 70.0 g/mol. The van der Waals surface area contributed by atoms with Crippen LogP contribution >= 0.6 is 0 Å². The van der Waals surface area contributed by atoms with Gasteiger partial charge in [-0.25, -0.2) is 9.78 Å². The van der Waals surface area contributed by atoms with Crippen LogP contribution in [0.2, 0.25) is 0 Å². The second kappa shape index (κ2) is 0.535. The molecule has 0 radical (unpaired) electrons. The molecule has 0 amide bonds. The third-order valence-electron chi connectivity index (χ3n) is 0.311. The molecule has 0 N–H and O–H groups in total. The summed E-state index contributed by atoms with van der Waals surface area (Å²) < 4.78 is 0. The molecule has 1 aliphatic heterocycles. The summed E-state index contributed by atoms with van der Waals surface area (Å²) in [4.78, 5) is 8.20. The van der Waals surface area contributed by atoms with E-state index in [1.807, 2.05) is 0 Å². The zero-order valence-corrected chi connectivity index (χ0v) is 2.52. The van der Waals surface area contributed by atoms with Gasteiger partial charge in [0.25, 0.3) is 0 Å². The smallest absolute Gasteiger partial charge is 0.232 e. The van der Waals surface area contributed by atoms with Gasteiger partial charge in [-0.15, -0.1) is 0 Å². The summed E-state index contributed by atoms with van der Waals surface area (Å²) in [7, 11) is 0. The molecule has 1 fully saturated rings. The van der Waals surface area contributed by atoms with Crippen molar-refractivity contribution >= 4 is 0 Å². The van der Waals surface area contributed by atoms with E-state index in [1.165, 1.54) is 0 Å². The van der Waals surface area contributed by atoms with E-state index in [1.54, 1.807) is 0 Å². The minimum absolute atomic E-state index is 0.394. The highest BCUT2D eigenvalue weighted by atomic mass is 17.4. The summed E-state index contributed by atoms with van der Waals surface area (Å²) in [5.41, 5.74) is 2.36. The molecule has 2 nitrogen and oxygen atoms in total. The summed E-state index contributed by atoms with van der Waals surface area (Å²) >= 11 is 0. The molecule has 5 heavy (non-hydrogen) atoms. The Hall–Kier alpha value is -0.880. The number of rotatable bonds is 0. The molecule has 0 atom stereocenters. The maximum atomic E-state index is 4.10. The van der Waals surface area contributed by atoms with Crippen molar-refractivity contribution < 1.29 is 9.78 Å². The third-order valence-corrected chi connectivity index (χ3v) is 0.311. The topological polar surface area (TPSA) is 25.1 Å². The van der Waals surface area contributed by atoms with E-state index in [2.05, 4.69) is 22.1 Å². The summed E-state index contributed by atoms with van der Waals surface area (Å²) in [5, 5.41) is 0. The van der Waals surface area contributed by atoms with Crippen LogP contribution in [0.15, 0.2) is 18.3 Å². The van der Waals surface area contributed by atoms with Crippen LogP contribution in [0.1, 0.15) is 0 Å². The molecule has 1 saturated heterocycles. The molecule has 1 rings (SSSR count). The highest BCUT2D eigenvalue weighted by Crippen LogP contribution is 2.12. The SMILES string of the molecule is C=C=C1OO1. The van der Waals surface area contributed by atoms with Crippen molar-refractivity contribution in [2.75, 3.05) is 0 Å². The molecule has 0 aromatic rings. The molecule has 1 heterocycles. The lowest BCUT2D eigenvalue weighted by molar-refractivity contribution is 0.0850. The molecular formula is C3H2O2. The van der Waals surface area contributed by atoms with Crippen LogP contribution in [0.5, 0.6) is 0 Å². The van der Waals surface area contributed by atoms with Gasteiger partial charge < -0.3 is 0 Å². The quantitative estimate of drug-likeness (QED) is 0.236. The van der Waals surface area contributed by atoms with E-state index in [-0.39, 0.29) is 0 Å². The fourth-order valence-corrected chi connectivity index (χ4v) is 0.0798. The lowest BCUT2D eigenvalue weighted by atomic mass is 10.9. The first-order valence-corrected chi connectivity index (χ1v) is 1.18. The Labute approximate surface area is 29.2 Å². The van der Waals surface area contributed by atoms with Crippen LogP contribution in [-0.4, -0.2) is 0 Å². The van der Waals surface area contributed by atoms with Crippen LogP contribution in [0, 0.1) is 0 Å².